The molecule has 2 atom stereocenters. The fraction of sp³-hybridized carbons (Fsp3) is 0.600. The second-order valence-electron chi connectivity index (χ2n) is 5.38. The molecule has 0 saturated carbocycles. The topological polar surface area (TPSA) is 71.8 Å². The third-order valence-electron chi connectivity index (χ3n) is 3.63. The lowest BCUT2D eigenvalue weighted by atomic mass is 10.1. The molecule has 0 bridgehead atoms. The van der Waals surface area contributed by atoms with E-state index < -0.39 is 0 Å². The van der Waals surface area contributed by atoms with E-state index in [4.69, 9.17) is 9.15 Å². The van der Waals surface area contributed by atoms with Crippen LogP contribution in [0.5, 0.6) is 0 Å². The average Bonchev–Trinajstić information content (AvgIpc) is 3.12. The maximum atomic E-state index is 12.1. The van der Waals surface area contributed by atoms with Crippen molar-refractivity contribution in [3.8, 4) is 0 Å². The van der Waals surface area contributed by atoms with Crippen LogP contribution < -0.4 is 5.32 Å². The molecular weight excluding hydrogens is 272 g/mol. The van der Waals surface area contributed by atoms with Crippen LogP contribution in [0.25, 0.3) is 0 Å². The van der Waals surface area contributed by atoms with Crippen LogP contribution in [0.4, 0.5) is 0 Å². The molecule has 1 aliphatic heterocycles. The molecule has 1 aromatic heterocycles. The van der Waals surface area contributed by atoms with Crippen molar-refractivity contribution in [2.75, 3.05) is 20.6 Å². The number of amides is 2. The second kappa shape index (κ2) is 6.76. The molecule has 2 amide bonds. The Balaban J connectivity index is 1.82. The number of carbonyl (C=O) groups excluding carboxylic acids is 2. The lowest BCUT2D eigenvalue weighted by molar-refractivity contribution is -0.140. The van der Waals surface area contributed by atoms with E-state index in [0.29, 0.717) is 30.7 Å². The Kier molecular flexibility index (Phi) is 5.01. The molecular formula is C15H22N2O4. The van der Waals surface area contributed by atoms with Gasteiger partial charge in [-0.3, -0.25) is 9.59 Å². The van der Waals surface area contributed by atoms with Crippen molar-refractivity contribution in [3.63, 3.8) is 0 Å². The van der Waals surface area contributed by atoms with Crippen LogP contribution in [0, 0.1) is 0 Å². The third-order valence-corrected chi connectivity index (χ3v) is 3.63. The summed E-state index contributed by atoms with van der Waals surface area (Å²) < 4.78 is 10.9. The molecule has 2 unspecified atom stereocenters. The van der Waals surface area contributed by atoms with Gasteiger partial charge in [-0.2, -0.15) is 0 Å². The molecule has 1 fully saturated rings. The predicted molar refractivity (Wildman–Crippen MR) is 77.0 cm³/mol. The molecule has 0 aromatic carbocycles. The summed E-state index contributed by atoms with van der Waals surface area (Å²) in [7, 11) is 3.43. The summed E-state index contributed by atoms with van der Waals surface area (Å²) in [5.74, 6) is 0.499. The monoisotopic (exact) mass is 294 g/mol. The zero-order valence-electron chi connectivity index (χ0n) is 12.7. The largest absolute Gasteiger partial charge is 0.469 e. The molecule has 6 nitrogen and oxygen atoms in total. The van der Waals surface area contributed by atoms with Gasteiger partial charge in [0.2, 0.25) is 0 Å². The van der Waals surface area contributed by atoms with E-state index in [-0.39, 0.29) is 24.0 Å². The summed E-state index contributed by atoms with van der Waals surface area (Å²) >= 11 is 0. The standard InChI is InChI=1S/C15H22N2O4/c1-4-12-11(7-8-20-12)14(18)16-9-10-5-6-13(21-10)15(19)17(2)3/h7-8,10,13H,4-6,9H2,1-3H3,(H,16,18). The van der Waals surface area contributed by atoms with E-state index in [2.05, 4.69) is 5.32 Å². The van der Waals surface area contributed by atoms with E-state index in [1.54, 1.807) is 20.2 Å². The molecule has 0 aliphatic carbocycles. The normalized spacial score (nSPS) is 21.3. The highest BCUT2D eigenvalue weighted by atomic mass is 16.5. The van der Waals surface area contributed by atoms with Gasteiger partial charge in [-0.05, 0) is 18.9 Å². The summed E-state index contributed by atoms with van der Waals surface area (Å²) in [5.41, 5.74) is 0.566. The number of furan rings is 1. The van der Waals surface area contributed by atoms with Gasteiger partial charge in [0.15, 0.2) is 0 Å². The van der Waals surface area contributed by atoms with Gasteiger partial charge in [-0.15, -0.1) is 0 Å². The van der Waals surface area contributed by atoms with Crippen molar-refractivity contribution in [2.24, 2.45) is 0 Å². The van der Waals surface area contributed by atoms with Gasteiger partial charge >= 0.3 is 0 Å². The molecule has 1 aliphatic rings. The zero-order valence-corrected chi connectivity index (χ0v) is 12.7. The van der Waals surface area contributed by atoms with Gasteiger partial charge in [-0.25, -0.2) is 0 Å². The van der Waals surface area contributed by atoms with Crippen molar-refractivity contribution >= 4 is 11.8 Å². The Hall–Kier alpha value is -1.82. The molecule has 1 saturated heterocycles. The van der Waals surface area contributed by atoms with E-state index in [0.717, 1.165) is 6.42 Å². The maximum Gasteiger partial charge on any atom is 0.254 e. The molecule has 1 N–H and O–H groups in total. The van der Waals surface area contributed by atoms with Gasteiger partial charge in [0, 0.05) is 27.1 Å². The second-order valence-corrected chi connectivity index (χ2v) is 5.38. The summed E-state index contributed by atoms with van der Waals surface area (Å²) in [5, 5.41) is 2.84. The van der Waals surface area contributed by atoms with Crippen molar-refractivity contribution in [1.82, 2.24) is 10.2 Å². The number of hydrogen-bond donors (Lipinski definition) is 1. The first kappa shape index (κ1) is 15.6. The molecule has 0 radical (unpaired) electrons. The molecule has 2 heterocycles. The number of hydrogen-bond acceptors (Lipinski definition) is 4. The Morgan fingerprint density at radius 3 is 2.81 bits per heavy atom. The fourth-order valence-corrected chi connectivity index (χ4v) is 2.44. The molecule has 21 heavy (non-hydrogen) atoms. The van der Waals surface area contributed by atoms with Crippen molar-refractivity contribution in [1.29, 1.82) is 0 Å². The summed E-state index contributed by atoms with van der Waals surface area (Å²) in [6.45, 7) is 2.34. The van der Waals surface area contributed by atoms with E-state index in [1.807, 2.05) is 6.92 Å². The highest BCUT2D eigenvalue weighted by Gasteiger charge is 2.31. The number of rotatable bonds is 5. The first-order valence-electron chi connectivity index (χ1n) is 7.24. The van der Waals surface area contributed by atoms with E-state index in [9.17, 15) is 9.59 Å². The highest BCUT2D eigenvalue weighted by Crippen LogP contribution is 2.20. The molecule has 6 heteroatoms. The number of ether oxygens (including phenoxy) is 1. The molecule has 116 valence electrons. The SMILES string of the molecule is CCc1occc1C(=O)NCC1CCC(C(=O)N(C)C)O1. The summed E-state index contributed by atoms with van der Waals surface area (Å²) in [6, 6.07) is 1.67. The number of nitrogens with one attached hydrogen (secondary N) is 1. The van der Waals surface area contributed by atoms with Gasteiger partial charge < -0.3 is 19.4 Å². The number of likely N-dealkylation sites (N-methyl/N-ethyl adjacent to an activating group) is 1. The van der Waals surface area contributed by atoms with Crippen molar-refractivity contribution in [3.05, 3.63) is 23.7 Å². The number of aryl methyl sites for hydroxylation is 1. The molecule has 2 rings (SSSR count). The maximum absolute atomic E-state index is 12.1. The fourth-order valence-electron chi connectivity index (χ4n) is 2.44. The smallest absolute Gasteiger partial charge is 0.254 e. The van der Waals surface area contributed by atoms with Crippen LogP contribution >= 0.6 is 0 Å². The zero-order chi connectivity index (χ0) is 15.4. The summed E-state index contributed by atoms with van der Waals surface area (Å²) in [4.78, 5) is 25.4. The van der Waals surface area contributed by atoms with Crippen LogP contribution in [-0.2, 0) is 16.0 Å². The Bertz CT molecular complexity index is 510. The predicted octanol–water partition coefficient (Wildman–Crippen LogP) is 1.21. The molecule has 1 aromatic rings. The Morgan fingerprint density at radius 2 is 2.14 bits per heavy atom. The first-order chi connectivity index (χ1) is 10.0. The quantitative estimate of drug-likeness (QED) is 0.886. The average molecular weight is 294 g/mol. The van der Waals surface area contributed by atoms with E-state index in [1.165, 1.54) is 11.2 Å². The van der Waals surface area contributed by atoms with Gasteiger partial charge in [-0.1, -0.05) is 6.92 Å². The van der Waals surface area contributed by atoms with Crippen LogP contribution in [0.1, 0.15) is 35.9 Å². The Morgan fingerprint density at radius 1 is 1.38 bits per heavy atom. The van der Waals surface area contributed by atoms with Crippen LogP contribution in [0.15, 0.2) is 16.7 Å². The highest BCUT2D eigenvalue weighted by molar-refractivity contribution is 5.95. The van der Waals surface area contributed by atoms with Gasteiger partial charge in [0.25, 0.3) is 11.8 Å². The van der Waals surface area contributed by atoms with Crippen molar-refractivity contribution in [2.45, 2.75) is 38.4 Å². The number of carbonyl (C=O) groups is 2. The third kappa shape index (κ3) is 3.64. The number of nitrogens with zero attached hydrogens (tertiary/aromatic N) is 1. The Labute approximate surface area is 124 Å². The summed E-state index contributed by atoms with van der Waals surface area (Å²) in [6.07, 6.45) is 3.17. The van der Waals surface area contributed by atoms with Crippen LogP contribution in [0.3, 0.4) is 0 Å². The minimum atomic E-state index is -0.387. The lowest BCUT2D eigenvalue weighted by Crippen LogP contribution is -2.36. The minimum Gasteiger partial charge on any atom is -0.469 e. The minimum absolute atomic E-state index is 0.0214. The van der Waals surface area contributed by atoms with Crippen LogP contribution in [-0.4, -0.2) is 49.6 Å². The van der Waals surface area contributed by atoms with E-state index >= 15 is 0 Å². The lowest BCUT2D eigenvalue weighted by Gasteiger charge is -2.17. The first-order valence-corrected chi connectivity index (χ1v) is 7.24. The van der Waals surface area contributed by atoms with Crippen molar-refractivity contribution < 1.29 is 18.7 Å². The van der Waals surface area contributed by atoms with Crippen LogP contribution in [0.2, 0.25) is 0 Å². The van der Waals surface area contributed by atoms with Gasteiger partial charge in [0.1, 0.15) is 11.9 Å². The van der Waals surface area contributed by atoms with Gasteiger partial charge in [0.05, 0.1) is 17.9 Å². The molecule has 0 spiro atoms.